The molecule has 2 saturated heterocycles. The van der Waals surface area contributed by atoms with Crippen LogP contribution >= 0.6 is 0 Å². The lowest BCUT2D eigenvalue weighted by molar-refractivity contribution is 0.00472. The monoisotopic (exact) mass is 424 g/mol. The van der Waals surface area contributed by atoms with E-state index in [2.05, 4.69) is 0 Å². The van der Waals surface area contributed by atoms with Crippen LogP contribution in [0.5, 0.6) is 0 Å². The summed E-state index contributed by atoms with van der Waals surface area (Å²) in [6.07, 6.45) is 2.95. The van der Waals surface area contributed by atoms with Crippen molar-refractivity contribution < 1.29 is 23.1 Å². The number of carbonyl (C=O) groups excluding carboxylic acids is 2. The largest absolute Gasteiger partial charge is 0.445 e. The highest BCUT2D eigenvalue weighted by molar-refractivity contribution is 5.98. The first-order valence-corrected chi connectivity index (χ1v) is 10.4. The fourth-order valence-corrected chi connectivity index (χ4v) is 4.75. The Morgan fingerprint density at radius 3 is 2.26 bits per heavy atom. The van der Waals surface area contributed by atoms with Crippen LogP contribution in [0.2, 0.25) is 0 Å². The summed E-state index contributed by atoms with van der Waals surface area (Å²) in [5, 5.41) is 8.82. The molecule has 0 radical (unpaired) electrons. The number of carbonyl (C=O) groups is 2. The third kappa shape index (κ3) is 4.29. The van der Waals surface area contributed by atoms with Crippen molar-refractivity contribution in [2.45, 2.75) is 50.8 Å². The number of piperidine rings is 2. The third-order valence-electron chi connectivity index (χ3n) is 6.20. The fraction of sp³-hybridized carbons (Fsp3) is 0.375. The molecule has 1 amide bonds. The number of amides is 1. The van der Waals surface area contributed by atoms with Crippen LogP contribution in [0.15, 0.2) is 42.5 Å². The molecule has 2 aromatic carbocycles. The molecule has 7 heteroatoms. The third-order valence-corrected chi connectivity index (χ3v) is 6.20. The van der Waals surface area contributed by atoms with Gasteiger partial charge in [-0.05, 0) is 49.8 Å². The second-order valence-corrected chi connectivity index (χ2v) is 8.15. The minimum Gasteiger partial charge on any atom is -0.445 e. The minimum absolute atomic E-state index is 0.0721. The lowest BCUT2D eigenvalue weighted by Crippen LogP contribution is -2.55. The number of nitrogens with zero attached hydrogens (tertiary/aromatic N) is 2. The van der Waals surface area contributed by atoms with Crippen LogP contribution in [0.3, 0.4) is 0 Å². The lowest BCUT2D eigenvalue weighted by Gasteiger charge is -2.47. The van der Waals surface area contributed by atoms with Gasteiger partial charge in [0.05, 0.1) is 0 Å². The summed E-state index contributed by atoms with van der Waals surface area (Å²) in [6.45, 7) is 0.182. The molecule has 31 heavy (non-hydrogen) atoms. The van der Waals surface area contributed by atoms with Gasteiger partial charge in [-0.2, -0.15) is 5.26 Å². The Balaban J connectivity index is 1.46. The summed E-state index contributed by atoms with van der Waals surface area (Å²) in [4.78, 5) is 27.5. The van der Waals surface area contributed by atoms with Crippen LogP contribution in [0, 0.1) is 28.9 Å². The molecule has 0 aliphatic carbocycles. The number of fused-ring (bicyclic) bond motifs is 2. The number of hydrogen-bond donors (Lipinski definition) is 0. The van der Waals surface area contributed by atoms with E-state index < -0.39 is 23.1 Å². The van der Waals surface area contributed by atoms with E-state index in [-0.39, 0.29) is 36.1 Å². The Bertz CT molecular complexity index is 998. The van der Waals surface area contributed by atoms with E-state index in [1.165, 1.54) is 6.07 Å². The first-order valence-electron chi connectivity index (χ1n) is 10.4. The highest BCUT2D eigenvalue weighted by Gasteiger charge is 2.43. The van der Waals surface area contributed by atoms with Gasteiger partial charge in [0.1, 0.15) is 29.9 Å². The number of ketones is 1. The average molecular weight is 424 g/mol. The number of hydrogen-bond acceptors (Lipinski definition) is 4. The molecule has 160 valence electrons. The molecule has 2 aliphatic heterocycles. The molecule has 2 aromatic rings. The van der Waals surface area contributed by atoms with Gasteiger partial charge in [0, 0.05) is 23.6 Å². The quantitative estimate of drug-likeness (QED) is 0.649. The summed E-state index contributed by atoms with van der Waals surface area (Å²) >= 11 is 0. The van der Waals surface area contributed by atoms with Gasteiger partial charge in [-0.1, -0.05) is 30.3 Å². The predicted octanol–water partition coefficient (Wildman–Crippen LogP) is 4.99. The summed E-state index contributed by atoms with van der Waals surface area (Å²) in [5.41, 5.74) is 0.137. The summed E-state index contributed by atoms with van der Waals surface area (Å²) < 4.78 is 33.5. The zero-order chi connectivity index (χ0) is 22.0. The molecular formula is C24H22F2N2O3. The normalized spacial score (nSPS) is 22.5. The van der Waals surface area contributed by atoms with E-state index in [9.17, 15) is 18.4 Å². The van der Waals surface area contributed by atoms with Gasteiger partial charge in [-0.15, -0.1) is 0 Å². The SMILES string of the molecule is N#Cc1c(F)cc(C(=O)C2CC3CCCC(C2)N3C(=O)OCc2ccccc2)cc1F. The number of halogens is 2. The van der Waals surface area contributed by atoms with E-state index in [1.54, 1.807) is 4.90 Å². The van der Waals surface area contributed by atoms with Gasteiger partial charge in [0.15, 0.2) is 5.78 Å². The first-order chi connectivity index (χ1) is 15.0. The van der Waals surface area contributed by atoms with Crippen LogP contribution < -0.4 is 0 Å². The molecule has 2 aliphatic rings. The van der Waals surface area contributed by atoms with Gasteiger partial charge in [-0.25, -0.2) is 13.6 Å². The second-order valence-electron chi connectivity index (χ2n) is 8.15. The maximum atomic E-state index is 14.0. The summed E-state index contributed by atoms with van der Waals surface area (Å²) in [5.74, 6) is -2.85. The number of ether oxygens (including phenoxy) is 1. The molecular weight excluding hydrogens is 402 g/mol. The van der Waals surface area contributed by atoms with Crippen molar-refractivity contribution >= 4 is 11.9 Å². The maximum Gasteiger partial charge on any atom is 0.410 e. The van der Waals surface area contributed by atoms with Crippen LogP contribution in [-0.4, -0.2) is 28.9 Å². The molecule has 0 aromatic heterocycles. The number of rotatable bonds is 4. The average Bonchev–Trinajstić information content (AvgIpc) is 2.76. The number of Topliss-reactive ketones (excluding diaryl/α,β-unsaturated/α-hetero) is 1. The highest BCUT2D eigenvalue weighted by Crippen LogP contribution is 2.39. The smallest absolute Gasteiger partial charge is 0.410 e. The van der Waals surface area contributed by atoms with Crippen molar-refractivity contribution in [3.05, 3.63) is 70.8 Å². The Morgan fingerprint density at radius 1 is 1.06 bits per heavy atom. The molecule has 2 bridgehead atoms. The molecule has 2 heterocycles. The standard InChI is InChI=1S/C24H22F2N2O3/c25-21-11-17(12-22(26)20(21)13-27)23(29)16-9-18-7-4-8-19(10-16)28(18)24(30)31-14-15-5-2-1-3-6-15/h1-3,5-6,11-12,16,18-19H,4,7-10,14H2. The van der Waals surface area contributed by atoms with Gasteiger partial charge in [-0.3, -0.25) is 4.79 Å². The first kappa shape index (κ1) is 21.0. The van der Waals surface area contributed by atoms with Crippen molar-refractivity contribution in [3.8, 4) is 6.07 Å². The van der Waals surface area contributed by atoms with E-state index in [4.69, 9.17) is 10.00 Å². The van der Waals surface area contributed by atoms with Crippen LogP contribution in [0.4, 0.5) is 13.6 Å². The Morgan fingerprint density at radius 2 is 1.68 bits per heavy atom. The molecule has 0 spiro atoms. The van der Waals surface area contributed by atoms with Gasteiger partial charge < -0.3 is 9.64 Å². The summed E-state index contributed by atoms with van der Waals surface area (Å²) in [6, 6.07) is 12.5. The minimum atomic E-state index is -1.03. The van der Waals surface area contributed by atoms with E-state index in [0.29, 0.717) is 12.8 Å². The molecule has 0 N–H and O–H groups in total. The Kier molecular flexibility index (Phi) is 5.99. The van der Waals surface area contributed by atoms with Crippen molar-refractivity contribution in [2.75, 3.05) is 0 Å². The molecule has 0 saturated carbocycles. The Labute approximate surface area is 179 Å². The Hall–Kier alpha value is -3.27. The summed E-state index contributed by atoms with van der Waals surface area (Å²) in [7, 11) is 0. The van der Waals surface area contributed by atoms with E-state index >= 15 is 0 Å². The van der Waals surface area contributed by atoms with E-state index in [0.717, 1.165) is 37.0 Å². The molecule has 2 fully saturated rings. The van der Waals surface area contributed by atoms with Gasteiger partial charge in [0.25, 0.3) is 0 Å². The van der Waals surface area contributed by atoms with E-state index in [1.807, 2.05) is 30.3 Å². The highest BCUT2D eigenvalue weighted by atomic mass is 19.1. The van der Waals surface area contributed by atoms with Gasteiger partial charge >= 0.3 is 6.09 Å². The van der Waals surface area contributed by atoms with Gasteiger partial charge in [0.2, 0.25) is 0 Å². The van der Waals surface area contributed by atoms with Crippen molar-refractivity contribution in [1.29, 1.82) is 5.26 Å². The van der Waals surface area contributed by atoms with Crippen LogP contribution in [0.1, 0.15) is 53.6 Å². The maximum absolute atomic E-state index is 14.0. The fourth-order valence-electron chi connectivity index (χ4n) is 4.75. The zero-order valence-corrected chi connectivity index (χ0v) is 16.9. The zero-order valence-electron chi connectivity index (χ0n) is 16.9. The predicted molar refractivity (Wildman–Crippen MR) is 108 cm³/mol. The van der Waals surface area contributed by atoms with Crippen molar-refractivity contribution in [1.82, 2.24) is 4.90 Å². The molecule has 2 atom stereocenters. The second kappa shape index (κ2) is 8.84. The molecule has 2 unspecified atom stereocenters. The van der Waals surface area contributed by atoms with Crippen LogP contribution in [-0.2, 0) is 11.3 Å². The molecule has 4 rings (SSSR count). The molecule has 5 nitrogen and oxygen atoms in total. The lowest BCUT2D eigenvalue weighted by atomic mass is 9.76. The topological polar surface area (TPSA) is 70.4 Å². The number of benzene rings is 2. The van der Waals surface area contributed by atoms with Crippen LogP contribution in [0.25, 0.3) is 0 Å². The van der Waals surface area contributed by atoms with Crippen molar-refractivity contribution in [2.24, 2.45) is 5.92 Å². The number of nitriles is 1. The van der Waals surface area contributed by atoms with Crippen molar-refractivity contribution in [3.63, 3.8) is 0 Å².